The number of carbonyl (C=O) groups excluding carboxylic acids is 2. The van der Waals surface area contributed by atoms with E-state index in [2.05, 4.69) is 22.5 Å². The normalized spacial score (nSPS) is 19.2. The van der Waals surface area contributed by atoms with Gasteiger partial charge in [-0.2, -0.15) is 0 Å². The number of aromatic nitrogens is 1. The van der Waals surface area contributed by atoms with Crippen LogP contribution >= 0.6 is 23.1 Å². The number of anilines is 2. The zero-order chi connectivity index (χ0) is 16.7. The monoisotopic (exact) mass is 359 g/mol. The predicted octanol–water partition coefficient (Wildman–Crippen LogP) is 3.56. The van der Waals surface area contributed by atoms with Crippen molar-refractivity contribution >= 4 is 45.7 Å². The lowest BCUT2D eigenvalue weighted by Gasteiger charge is -2.16. The first-order valence-electron chi connectivity index (χ1n) is 7.95. The molecule has 4 rings (SSSR count). The zero-order valence-corrected chi connectivity index (χ0v) is 14.9. The van der Waals surface area contributed by atoms with Crippen LogP contribution in [-0.2, 0) is 17.6 Å². The van der Waals surface area contributed by atoms with Crippen LogP contribution in [0, 0.1) is 5.92 Å². The first-order chi connectivity index (χ1) is 11.6. The summed E-state index contributed by atoms with van der Waals surface area (Å²) in [5, 5.41) is 6.37. The van der Waals surface area contributed by atoms with Gasteiger partial charge in [-0.1, -0.05) is 6.92 Å². The number of nitrogens with one attached hydrogen (secondary N) is 2. The number of amides is 2. The second kappa shape index (κ2) is 6.22. The summed E-state index contributed by atoms with van der Waals surface area (Å²) in [7, 11) is 0. The maximum atomic E-state index is 12.5. The number of hydrogen-bond donors (Lipinski definition) is 2. The lowest BCUT2D eigenvalue weighted by atomic mass is 9.93. The van der Waals surface area contributed by atoms with E-state index in [1.807, 2.05) is 6.07 Å². The van der Waals surface area contributed by atoms with Crippen LogP contribution in [0.4, 0.5) is 10.8 Å². The van der Waals surface area contributed by atoms with Gasteiger partial charge in [-0.15, -0.1) is 23.1 Å². The van der Waals surface area contributed by atoms with E-state index in [1.165, 1.54) is 16.6 Å². The fourth-order valence-electron chi connectivity index (χ4n) is 2.99. The van der Waals surface area contributed by atoms with Crippen molar-refractivity contribution in [3.63, 3.8) is 0 Å². The fourth-order valence-corrected chi connectivity index (χ4v) is 4.94. The van der Waals surface area contributed by atoms with Gasteiger partial charge < -0.3 is 5.32 Å². The number of benzene rings is 1. The highest BCUT2D eigenvalue weighted by atomic mass is 32.2. The Morgan fingerprint density at radius 1 is 1.42 bits per heavy atom. The van der Waals surface area contributed by atoms with E-state index in [-0.39, 0.29) is 11.8 Å². The minimum atomic E-state index is -0.193. The summed E-state index contributed by atoms with van der Waals surface area (Å²) in [6.45, 7) is 2.25. The lowest BCUT2D eigenvalue weighted by Crippen LogP contribution is -2.19. The molecule has 1 atom stereocenters. The van der Waals surface area contributed by atoms with Crippen molar-refractivity contribution in [1.82, 2.24) is 4.98 Å². The number of thiazole rings is 1. The van der Waals surface area contributed by atoms with E-state index >= 15 is 0 Å². The van der Waals surface area contributed by atoms with Gasteiger partial charge in [0.1, 0.15) is 0 Å². The average Bonchev–Trinajstić information content (AvgIpc) is 2.95. The third kappa shape index (κ3) is 3.06. The van der Waals surface area contributed by atoms with E-state index in [0.717, 1.165) is 29.9 Å². The lowest BCUT2D eigenvalue weighted by molar-refractivity contribution is -0.113. The van der Waals surface area contributed by atoms with Crippen molar-refractivity contribution in [1.29, 1.82) is 0 Å². The van der Waals surface area contributed by atoms with Crippen LogP contribution < -0.4 is 10.6 Å². The molecule has 2 amide bonds. The molecular weight excluding hydrogens is 342 g/mol. The summed E-state index contributed by atoms with van der Waals surface area (Å²) >= 11 is 3.06. The van der Waals surface area contributed by atoms with Crippen LogP contribution in [0.2, 0.25) is 0 Å². The van der Waals surface area contributed by atoms with Gasteiger partial charge in [0.15, 0.2) is 5.13 Å². The van der Waals surface area contributed by atoms with Crippen LogP contribution in [-0.4, -0.2) is 22.6 Å². The number of rotatable bonds is 2. The Balaban J connectivity index is 1.52. The molecule has 1 aromatic carbocycles. The quantitative estimate of drug-likeness (QED) is 0.860. The van der Waals surface area contributed by atoms with Gasteiger partial charge in [0.05, 0.1) is 17.1 Å². The van der Waals surface area contributed by atoms with Crippen molar-refractivity contribution in [3.8, 4) is 0 Å². The van der Waals surface area contributed by atoms with Gasteiger partial charge >= 0.3 is 0 Å². The number of hydrogen-bond acceptors (Lipinski definition) is 5. The summed E-state index contributed by atoms with van der Waals surface area (Å²) < 4.78 is 0. The Bertz CT molecular complexity index is 831. The molecule has 0 saturated carbocycles. The summed E-state index contributed by atoms with van der Waals surface area (Å²) in [4.78, 5) is 30.8. The van der Waals surface area contributed by atoms with Crippen LogP contribution in [0.5, 0.6) is 0 Å². The molecule has 7 heteroatoms. The summed E-state index contributed by atoms with van der Waals surface area (Å²) in [6, 6.07) is 5.39. The molecule has 1 aliphatic heterocycles. The molecule has 2 aromatic rings. The molecule has 2 aliphatic rings. The van der Waals surface area contributed by atoms with Gasteiger partial charge in [0, 0.05) is 15.3 Å². The molecule has 124 valence electrons. The smallest absolute Gasteiger partial charge is 0.257 e. The van der Waals surface area contributed by atoms with Crippen LogP contribution in [0.3, 0.4) is 0 Å². The topological polar surface area (TPSA) is 71.1 Å². The molecule has 0 saturated heterocycles. The molecule has 1 aromatic heterocycles. The number of nitrogens with zero attached hydrogens (tertiary/aromatic N) is 1. The standard InChI is InChI=1S/C17H17N3O2S2/c1-9-2-4-11-14(6-9)24-17(19-11)20-16(22)10-3-5-13-12(7-10)18-15(21)8-23-13/h3,5,7,9H,2,4,6,8H2,1H3,(H,18,21)(H,19,20,22)/t9-/m0/s1. The minimum Gasteiger partial charge on any atom is -0.324 e. The van der Waals surface area contributed by atoms with Crippen molar-refractivity contribution in [2.45, 2.75) is 31.1 Å². The maximum absolute atomic E-state index is 12.5. The van der Waals surface area contributed by atoms with Gasteiger partial charge in [-0.3, -0.25) is 14.9 Å². The Labute approximate surface area is 148 Å². The third-order valence-corrected chi connectivity index (χ3v) is 6.39. The largest absolute Gasteiger partial charge is 0.324 e. The van der Waals surface area contributed by atoms with Crippen molar-refractivity contribution in [3.05, 3.63) is 34.3 Å². The van der Waals surface area contributed by atoms with Crippen LogP contribution in [0.1, 0.15) is 34.3 Å². The van der Waals surface area contributed by atoms with E-state index in [0.29, 0.717) is 28.1 Å². The predicted molar refractivity (Wildman–Crippen MR) is 97.1 cm³/mol. The summed E-state index contributed by atoms with van der Waals surface area (Å²) in [6.07, 6.45) is 3.20. The Morgan fingerprint density at radius 3 is 3.17 bits per heavy atom. The molecule has 0 radical (unpaired) electrons. The van der Waals surface area contributed by atoms with Gasteiger partial charge in [-0.25, -0.2) is 4.98 Å². The highest BCUT2D eigenvalue weighted by Crippen LogP contribution is 2.34. The van der Waals surface area contributed by atoms with Gasteiger partial charge in [-0.05, 0) is 43.4 Å². The maximum Gasteiger partial charge on any atom is 0.257 e. The molecule has 2 N–H and O–H groups in total. The molecule has 1 aliphatic carbocycles. The minimum absolute atomic E-state index is 0.0354. The second-order valence-electron chi connectivity index (χ2n) is 6.24. The molecule has 0 unspecified atom stereocenters. The van der Waals surface area contributed by atoms with E-state index in [9.17, 15) is 9.59 Å². The SMILES string of the molecule is C[C@H]1CCc2nc(NC(=O)c3ccc4c(c3)NC(=O)CS4)sc2C1. The highest BCUT2D eigenvalue weighted by Gasteiger charge is 2.21. The molecule has 2 heterocycles. The van der Waals surface area contributed by atoms with E-state index in [1.54, 1.807) is 23.5 Å². The zero-order valence-electron chi connectivity index (χ0n) is 13.2. The number of aryl methyl sites for hydroxylation is 1. The summed E-state index contributed by atoms with van der Waals surface area (Å²) in [5.74, 6) is 0.874. The Kier molecular flexibility index (Phi) is 4.05. The highest BCUT2D eigenvalue weighted by molar-refractivity contribution is 8.00. The van der Waals surface area contributed by atoms with Crippen LogP contribution in [0.15, 0.2) is 23.1 Å². The first-order valence-corrected chi connectivity index (χ1v) is 9.75. The van der Waals surface area contributed by atoms with Crippen molar-refractivity contribution in [2.75, 3.05) is 16.4 Å². The number of thioether (sulfide) groups is 1. The molecule has 5 nitrogen and oxygen atoms in total. The third-order valence-electron chi connectivity index (χ3n) is 4.28. The first kappa shape index (κ1) is 15.7. The Morgan fingerprint density at radius 2 is 2.29 bits per heavy atom. The van der Waals surface area contributed by atoms with Gasteiger partial charge in [0.25, 0.3) is 5.91 Å². The van der Waals surface area contributed by atoms with Crippen molar-refractivity contribution in [2.24, 2.45) is 5.92 Å². The molecule has 0 spiro atoms. The number of carbonyl (C=O) groups is 2. The van der Waals surface area contributed by atoms with E-state index < -0.39 is 0 Å². The molecule has 0 bridgehead atoms. The van der Waals surface area contributed by atoms with E-state index in [4.69, 9.17) is 0 Å². The van der Waals surface area contributed by atoms with Crippen molar-refractivity contribution < 1.29 is 9.59 Å². The molecule has 0 fully saturated rings. The Hall–Kier alpha value is -1.86. The second-order valence-corrected chi connectivity index (χ2v) is 8.34. The number of fused-ring (bicyclic) bond motifs is 2. The fraction of sp³-hybridized carbons (Fsp3) is 0.353. The summed E-state index contributed by atoms with van der Waals surface area (Å²) in [5.41, 5.74) is 2.36. The molecule has 24 heavy (non-hydrogen) atoms. The molecular formula is C17H17N3O2S2. The average molecular weight is 359 g/mol. The van der Waals surface area contributed by atoms with Gasteiger partial charge in [0.2, 0.25) is 5.91 Å². The van der Waals surface area contributed by atoms with Crippen LogP contribution in [0.25, 0.3) is 0 Å².